The number of nitro benzene ring substituents is 2. The molecule has 0 aliphatic heterocycles. The lowest BCUT2D eigenvalue weighted by atomic mass is 10.0. The van der Waals surface area contributed by atoms with Crippen molar-refractivity contribution in [1.82, 2.24) is 0 Å². The van der Waals surface area contributed by atoms with Gasteiger partial charge in [-0.2, -0.15) is 0 Å². The van der Waals surface area contributed by atoms with E-state index in [1.54, 1.807) is 6.07 Å². The second kappa shape index (κ2) is 9.61. The highest BCUT2D eigenvalue weighted by molar-refractivity contribution is 7.99. The average molecular weight is 447 g/mol. The predicted molar refractivity (Wildman–Crippen MR) is 120 cm³/mol. The van der Waals surface area contributed by atoms with Gasteiger partial charge >= 0.3 is 0 Å². The molecule has 0 saturated carbocycles. The van der Waals surface area contributed by atoms with Crippen LogP contribution in [0.5, 0.6) is 0 Å². The number of unbranched alkanes of at least 4 members (excludes halogenated alkanes) is 2. The molecule has 1 aliphatic carbocycles. The second-order valence-corrected chi connectivity index (χ2v) is 9.28. The Hall–Kier alpha value is -2.39. The minimum absolute atomic E-state index is 0.121. The molecule has 7 nitrogen and oxygen atoms in total. The van der Waals surface area contributed by atoms with Gasteiger partial charge in [0.1, 0.15) is 0 Å². The summed E-state index contributed by atoms with van der Waals surface area (Å²) in [7, 11) is 0. The minimum Gasteiger partial charge on any atom is -0.289 e. The number of nitrogens with zero attached hydrogens (tertiary/aromatic N) is 2. The van der Waals surface area contributed by atoms with E-state index in [2.05, 4.69) is 6.92 Å². The molecule has 0 atom stereocenters. The van der Waals surface area contributed by atoms with Crippen LogP contribution in [0.4, 0.5) is 11.4 Å². The van der Waals surface area contributed by atoms with Crippen LogP contribution in [0.1, 0.15) is 55.5 Å². The van der Waals surface area contributed by atoms with Gasteiger partial charge in [0.25, 0.3) is 11.4 Å². The number of hydrogen-bond acceptors (Lipinski definition) is 7. The van der Waals surface area contributed by atoms with E-state index < -0.39 is 9.85 Å². The number of fused-ring (bicyclic) bond motifs is 3. The first-order chi connectivity index (χ1) is 14.4. The first kappa shape index (κ1) is 22.3. The molecular formula is C21H22N2O5S2. The molecule has 0 N–H and O–H groups in total. The molecule has 0 radical (unpaired) electrons. The molecule has 9 heteroatoms. The molecule has 0 amide bonds. The Bertz CT molecular complexity index is 1020. The molecule has 0 saturated heterocycles. The lowest BCUT2D eigenvalue weighted by Crippen LogP contribution is -1.98. The fourth-order valence-electron chi connectivity index (χ4n) is 3.33. The van der Waals surface area contributed by atoms with E-state index in [0.717, 1.165) is 31.4 Å². The molecule has 0 heterocycles. The van der Waals surface area contributed by atoms with Crippen LogP contribution in [0, 0.1) is 20.2 Å². The van der Waals surface area contributed by atoms with Gasteiger partial charge < -0.3 is 0 Å². The van der Waals surface area contributed by atoms with Crippen LogP contribution < -0.4 is 0 Å². The highest BCUT2D eigenvalue weighted by Crippen LogP contribution is 2.49. The number of non-ortho nitro benzene ring substituents is 1. The molecule has 2 aromatic carbocycles. The number of nitro groups is 2. The summed E-state index contributed by atoms with van der Waals surface area (Å²) in [5.74, 6) is 1.13. The van der Waals surface area contributed by atoms with E-state index >= 15 is 0 Å². The zero-order chi connectivity index (χ0) is 21.8. The van der Waals surface area contributed by atoms with E-state index in [9.17, 15) is 25.0 Å². The van der Waals surface area contributed by atoms with Crippen LogP contribution in [0.25, 0.3) is 11.1 Å². The Morgan fingerprint density at radius 1 is 0.833 bits per heavy atom. The van der Waals surface area contributed by atoms with Crippen LogP contribution in [0.2, 0.25) is 0 Å². The first-order valence-corrected chi connectivity index (χ1v) is 11.8. The second-order valence-electron chi connectivity index (χ2n) is 6.98. The minimum atomic E-state index is -0.527. The summed E-state index contributed by atoms with van der Waals surface area (Å²) in [5, 5.41) is 23.3. The Kier molecular flexibility index (Phi) is 7.14. The molecule has 30 heavy (non-hydrogen) atoms. The number of carbonyl (C=O) groups is 1. The fourth-order valence-corrected chi connectivity index (χ4v) is 5.61. The number of ketones is 1. The average Bonchev–Trinajstić information content (AvgIpc) is 3.00. The van der Waals surface area contributed by atoms with Crippen LogP contribution >= 0.6 is 23.5 Å². The summed E-state index contributed by atoms with van der Waals surface area (Å²) in [5.41, 5.74) is 0.888. The van der Waals surface area contributed by atoms with Crippen LogP contribution in [-0.4, -0.2) is 27.1 Å². The molecular weight excluding hydrogens is 424 g/mol. The van der Waals surface area contributed by atoms with Gasteiger partial charge in [-0.3, -0.25) is 25.0 Å². The number of carbonyl (C=O) groups excluding carboxylic acids is 1. The standard InChI is InChI=1S/C21H22N2O5S2/c1-3-5-7-29-14-11-16-19(17(12-14)23(27)28)20-15(21(16)24)9-13(22(25)26)10-18(20)30-8-6-4-2/h9-12H,3-8H2,1-2H3. The van der Waals surface area contributed by atoms with E-state index in [1.807, 2.05) is 6.92 Å². The number of hydrogen-bond donors (Lipinski definition) is 0. The molecule has 2 aromatic rings. The number of thioether (sulfide) groups is 2. The van der Waals surface area contributed by atoms with Gasteiger partial charge in [0.15, 0.2) is 5.78 Å². The highest BCUT2D eigenvalue weighted by atomic mass is 32.2. The van der Waals surface area contributed by atoms with Crippen molar-refractivity contribution < 1.29 is 14.6 Å². The van der Waals surface area contributed by atoms with Gasteiger partial charge in [-0.1, -0.05) is 26.7 Å². The van der Waals surface area contributed by atoms with E-state index in [1.165, 1.54) is 41.7 Å². The molecule has 1 aliphatic rings. The van der Waals surface area contributed by atoms with E-state index in [4.69, 9.17) is 0 Å². The van der Waals surface area contributed by atoms with Crippen molar-refractivity contribution in [2.24, 2.45) is 0 Å². The first-order valence-electron chi connectivity index (χ1n) is 9.84. The summed E-state index contributed by atoms with van der Waals surface area (Å²) in [6, 6.07) is 5.88. The van der Waals surface area contributed by atoms with E-state index in [0.29, 0.717) is 21.1 Å². The normalized spacial score (nSPS) is 12.0. The van der Waals surface area contributed by atoms with Crippen molar-refractivity contribution in [2.45, 2.75) is 49.3 Å². The fraction of sp³-hybridized carbons (Fsp3) is 0.381. The number of benzene rings is 2. The Morgan fingerprint density at radius 3 is 2.07 bits per heavy atom. The largest absolute Gasteiger partial charge is 0.289 e. The third-order valence-electron chi connectivity index (χ3n) is 4.85. The molecule has 3 rings (SSSR count). The smallest absolute Gasteiger partial charge is 0.279 e. The lowest BCUT2D eigenvalue weighted by Gasteiger charge is -2.10. The molecule has 0 aromatic heterocycles. The summed E-state index contributed by atoms with van der Waals surface area (Å²) in [6.45, 7) is 4.11. The Labute approximate surface area is 182 Å². The topological polar surface area (TPSA) is 103 Å². The van der Waals surface area contributed by atoms with Crippen LogP contribution in [0.3, 0.4) is 0 Å². The maximum absolute atomic E-state index is 13.1. The van der Waals surface area contributed by atoms with Crippen molar-refractivity contribution in [3.63, 3.8) is 0 Å². The van der Waals surface area contributed by atoms with Gasteiger partial charge in [0.2, 0.25) is 0 Å². The Balaban J connectivity index is 2.18. The SMILES string of the molecule is CCCCSc1cc2c(c([N+](=O)[O-])c1)-c1c(SCCCC)cc([N+](=O)[O-])cc1C2=O. The van der Waals surface area contributed by atoms with Crippen molar-refractivity contribution in [3.8, 4) is 11.1 Å². The molecule has 0 fully saturated rings. The molecule has 0 unspecified atom stereocenters. The van der Waals surface area contributed by atoms with Gasteiger partial charge in [0, 0.05) is 44.7 Å². The summed E-state index contributed by atoms with van der Waals surface area (Å²) < 4.78 is 0. The van der Waals surface area contributed by atoms with Crippen molar-refractivity contribution in [1.29, 1.82) is 0 Å². The zero-order valence-corrected chi connectivity index (χ0v) is 18.4. The third-order valence-corrected chi connectivity index (χ3v) is 7.03. The summed E-state index contributed by atoms with van der Waals surface area (Å²) >= 11 is 2.89. The molecule has 158 valence electrons. The van der Waals surface area contributed by atoms with Crippen molar-refractivity contribution in [3.05, 3.63) is 55.6 Å². The zero-order valence-electron chi connectivity index (χ0n) is 16.8. The van der Waals surface area contributed by atoms with Gasteiger partial charge in [-0.15, -0.1) is 23.5 Å². The maximum Gasteiger partial charge on any atom is 0.279 e. The summed E-state index contributed by atoms with van der Waals surface area (Å²) in [6.07, 6.45) is 3.83. The quantitative estimate of drug-likeness (QED) is 0.151. The van der Waals surface area contributed by atoms with Gasteiger partial charge in [0.05, 0.1) is 15.4 Å². The highest BCUT2D eigenvalue weighted by Gasteiger charge is 2.37. The van der Waals surface area contributed by atoms with E-state index in [-0.39, 0.29) is 33.8 Å². The Morgan fingerprint density at radius 2 is 1.47 bits per heavy atom. The third kappa shape index (κ3) is 4.37. The van der Waals surface area contributed by atoms with Gasteiger partial charge in [-0.05, 0) is 30.4 Å². The van der Waals surface area contributed by atoms with Crippen molar-refractivity contribution in [2.75, 3.05) is 11.5 Å². The lowest BCUT2D eigenvalue weighted by molar-refractivity contribution is -0.385. The van der Waals surface area contributed by atoms with Crippen molar-refractivity contribution >= 4 is 40.7 Å². The summed E-state index contributed by atoms with van der Waals surface area (Å²) in [4.78, 5) is 36.7. The van der Waals surface area contributed by atoms with Gasteiger partial charge in [-0.25, -0.2) is 0 Å². The van der Waals surface area contributed by atoms with Crippen LogP contribution in [0.15, 0.2) is 34.1 Å². The molecule has 0 spiro atoms. The maximum atomic E-state index is 13.1. The molecule has 0 bridgehead atoms. The monoisotopic (exact) mass is 446 g/mol. The number of rotatable bonds is 10. The predicted octanol–water partition coefficient (Wildman–Crippen LogP) is 6.50. The van der Waals surface area contributed by atoms with Crippen LogP contribution in [-0.2, 0) is 0 Å².